The molecule has 3 heteroatoms. The fourth-order valence-corrected chi connectivity index (χ4v) is 3.27. The fourth-order valence-electron chi connectivity index (χ4n) is 2.96. The summed E-state index contributed by atoms with van der Waals surface area (Å²) in [4.78, 5) is 3.35. The molecule has 2 aliphatic rings. The molecule has 1 heterocycles. The molecule has 2 nitrogen and oxygen atoms in total. The van der Waals surface area contributed by atoms with Gasteiger partial charge in [0.15, 0.2) is 0 Å². The summed E-state index contributed by atoms with van der Waals surface area (Å²) in [5.74, 6) is 0.974. The second-order valence-electron chi connectivity index (χ2n) is 5.77. The highest BCUT2D eigenvalue weighted by Gasteiger charge is 2.44. The van der Waals surface area contributed by atoms with Gasteiger partial charge in [-0.3, -0.25) is 0 Å². The normalized spacial score (nSPS) is 25.6. The summed E-state index contributed by atoms with van der Waals surface area (Å²) >= 11 is 5.05. The molecule has 0 amide bonds. The molecule has 0 spiro atoms. The summed E-state index contributed by atoms with van der Waals surface area (Å²) in [7, 11) is 0. The van der Waals surface area contributed by atoms with E-state index in [0.717, 1.165) is 12.3 Å². The number of hydrogen-bond acceptors (Lipinski definition) is 2. The van der Waals surface area contributed by atoms with Crippen molar-refractivity contribution in [3.05, 3.63) is 0 Å². The maximum absolute atomic E-state index is 5.68. The van der Waals surface area contributed by atoms with E-state index in [1.165, 1.54) is 51.7 Å². The zero-order valence-corrected chi connectivity index (χ0v) is 11.2. The van der Waals surface area contributed by atoms with Gasteiger partial charge in [-0.15, -0.1) is 0 Å². The van der Waals surface area contributed by atoms with E-state index in [4.69, 9.17) is 18.0 Å². The molecule has 0 aromatic heterocycles. The Morgan fingerprint density at radius 2 is 2.00 bits per heavy atom. The third-order valence-electron chi connectivity index (χ3n) is 4.35. The third-order valence-corrected chi connectivity index (χ3v) is 4.49. The molecule has 1 aliphatic heterocycles. The van der Waals surface area contributed by atoms with Crippen molar-refractivity contribution in [1.82, 2.24) is 4.90 Å². The van der Waals surface area contributed by atoms with Gasteiger partial charge in [0.05, 0.1) is 4.99 Å². The van der Waals surface area contributed by atoms with Crippen LogP contribution >= 0.6 is 12.2 Å². The molecule has 92 valence electrons. The molecule has 0 atom stereocenters. The zero-order valence-electron chi connectivity index (χ0n) is 10.4. The van der Waals surface area contributed by atoms with Gasteiger partial charge in [0.25, 0.3) is 0 Å². The highest BCUT2D eigenvalue weighted by Crippen LogP contribution is 2.49. The van der Waals surface area contributed by atoms with Crippen LogP contribution in [0.2, 0.25) is 0 Å². The van der Waals surface area contributed by atoms with Gasteiger partial charge >= 0.3 is 0 Å². The van der Waals surface area contributed by atoms with Gasteiger partial charge in [-0.2, -0.15) is 0 Å². The smallest absolute Gasteiger partial charge is 0.0733 e. The molecule has 0 aromatic carbocycles. The Bertz CT molecular complexity index is 253. The second kappa shape index (κ2) is 5.01. The van der Waals surface area contributed by atoms with Crippen LogP contribution in [0.15, 0.2) is 0 Å². The van der Waals surface area contributed by atoms with Crippen LogP contribution in [0, 0.1) is 11.3 Å². The monoisotopic (exact) mass is 240 g/mol. The molecule has 16 heavy (non-hydrogen) atoms. The van der Waals surface area contributed by atoms with Gasteiger partial charge in [-0.25, -0.2) is 0 Å². The molecule has 1 saturated heterocycles. The molecule has 0 unspecified atom stereocenters. The highest BCUT2D eigenvalue weighted by molar-refractivity contribution is 7.80. The van der Waals surface area contributed by atoms with E-state index in [1.54, 1.807) is 0 Å². The van der Waals surface area contributed by atoms with Crippen molar-refractivity contribution >= 4 is 17.2 Å². The first-order chi connectivity index (χ1) is 7.63. The third kappa shape index (κ3) is 3.17. The molecular formula is C13H24N2S. The van der Waals surface area contributed by atoms with Gasteiger partial charge in [0.2, 0.25) is 0 Å². The van der Waals surface area contributed by atoms with Crippen LogP contribution in [-0.4, -0.2) is 29.5 Å². The maximum atomic E-state index is 5.68. The van der Waals surface area contributed by atoms with Gasteiger partial charge in [-0.1, -0.05) is 25.6 Å². The average Bonchev–Trinajstić information content (AvgIpc) is 2.98. The van der Waals surface area contributed by atoms with Crippen LogP contribution in [0.5, 0.6) is 0 Å². The van der Waals surface area contributed by atoms with Crippen LogP contribution in [0.25, 0.3) is 0 Å². The number of nitrogens with zero attached hydrogens (tertiary/aromatic N) is 1. The first-order valence-corrected chi connectivity index (χ1v) is 7.05. The van der Waals surface area contributed by atoms with Gasteiger partial charge in [0, 0.05) is 13.0 Å². The molecule has 0 radical (unpaired) electrons. The van der Waals surface area contributed by atoms with Gasteiger partial charge in [0.1, 0.15) is 0 Å². The molecule has 1 saturated carbocycles. The number of piperidine rings is 1. The van der Waals surface area contributed by atoms with Crippen LogP contribution in [0.4, 0.5) is 0 Å². The van der Waals surface area contributed by atoms with E-state index < -0.39 is 0 Å². The van der Waals surface area contributed by atoms with Crippen LogP contribution in [0.1, 0.15) is 45.4 Å². The summed E-state index contributed by atoms with van der Waals surface area (Å²) in [5, 5.41) is 0. The van der Waals surface area contributed by atoms with Crippen molar-refractivity contribution in [1.29, 1.82) is 0 Å². The van der Waals surface area contributed by atoms with Gasteiger partial charge < -0.3 is 10.6 Å². The second-order valence-corrected chi connectivity index (χ2v) is 6.30. The number of rotatable bonds is 5. The lowest BCUT2D eigenvalue weighted by Crippen LogP contribution is -2.38. The van der Waals surface area contributed by atoms with E-state index in [9.17, 15) is 0 Å². The van der Waals surface area contributed by atoms with E-state index in [1.807, 2.05) is 0 Å². The van der Waals surface area contributed by atoms with E-state index in [-0.39, 0.29) is 0 Å². The minimum absolute atomic E-state index is 0.477. The summed E-state index contributed by atoms with van der Waals surface area (Å²) < 4.78 is 0. The molecule has 2 N–H and O–H groups in total. The molecule has 2 fully saturated rings. The maximum Gasteiger partial charge on any atom is 0.0733 e. The van der Waals surface area contributed by atoms with Crippen molar-refractivity contribution < 1.29 is 0 Å². The van der Waals surface area contributed by atoms with E-state index in [2.05, 4.69) is 11.8 Å². The minimum atomic E-state index is 0.477. The average molecular weight is 240 g/mol. The summed E-state index contributed by atoms with van der Waals surface area (Å²) in [5.41, 5.74) is 6.16. The van der Waals surface area contributed by atoms with Crippen molar-refractivity contribution in [3.63, 3.8) is 0 Å². The Morgan fingerprint density at radius 1 is 1.38 bits per heavy atom. The Morgan fingerprint density at radius 3 is 2.44 bits per heavy atom. The highest BCUT2D eigenvalue weighted by atomic mass is 32.1. The number of hydrogen-bond donors (Lipinski definition) is 1. The summed E-state index contributed by atoms with van der Waals surface area (Å²) in [6.07, 6.45) is 7.76. The fraction of sp³-hybridized carbons (Fsp3) is 0.923. The topological polar surface area (TPSA) is 29.3 Å². The molecule has 2 rings (SSSR count). The lowest BCUT2D eigenvalue weighted by molar-refractivity contribution is 0.153. The number of thiocarbonyl (C=S) groups is 1. The Hall–Kier alpha value is -0.150. The summed E-state index contributed by atoms with van der Waals surface area (Å²) in [6.45, 7) is 6.13. The number of likely N-dealkylation sites (tertiary alicyclic amines) is 1. The lowest BCUT2D eigenvalue weighted by atomic mass is 9.93. The van der Waals surface area contributed by atoms with Crippen LogP contribution < -0.4 is 5.73 Å². The quantitative estimate of drug-likeness (QED) is 0.749. The first-order valence-electron chi connectivity index (χ1n) is 6.64. The Labute approximate surface area is 105 Å². The van der Waals surface area contributed by atoms with Gasteiger partial charge in [-0.05, 0) is 50.1 Å². The molecular weight excluding hydrogens is 216 g/mol. The molecule has 1 aliphatic carbocycles. The van der Waals surface area contributed by atoms with Crippen LogP contribution in [0.3, 0.4) is 0 Å². The summed E-state index contributed by atoms with van der Waals surface area (Å²) in [6, 6.07) is 0. The van der Waals surface area contributed by atoms with Crippen LogP contribution in [-0.2, 0) is 0 Å². The predicted octanol–water partition coefficient (Wildman–Crippen LogP) is 2.56. The standard InChI is InChI=1S/C13H24N2S/c1-2-11-3-7-15(8-4-11)10-13(5-6-13)9-12(14)16/h11H,2-10H2,1H3,(H2,14,16). The van der Waals surface area contributed by atoms with E-state index >= 15 is 0 Å². The molecule has 0 bridgehead atoms. The first kappa shape index (κ1) is 12.3. The lowest BCUT2D eigenvalue weighted by Gasteiger charge is -2.34. The van der Waals surface area contributed by atoms with E-state index in [0.29, 0.717) is 10.4 Å². The minimum Gasteiger partial charge on any atom is -0.393 e. The largest absolute Gasteiger partial charge is 0.393 e. The van der Waals surface area contributed by atoms with Crippen molar-refractivity contribution in [2.75, 3.05) is 19.6 Å². The number of nitrogens with two attached hydrogens (primary N) is 1. The Balaban J connectivity index is 1.76. The SMILES string of the molecule is CCC1CCN(CC2(CC(N)=S)CC2)CC1. The van der Waals surface area contributed by atoms with Crippen molar-refractivity contribution in [2.24, 2.45) is 17.1 Å². The zero-order chi connectivity index (χ0) is 11.6. The molecule has 0 aromatic rings. The Kier molecular flexibility index (Phi) is 3.85. The van der Waals surface area contributed by atoms with Crippen molar-refractivity contribution in [2.45, 2.75) is 45.4 Å². The predicted molar refractivity (Wildman–Crippen MR) is 72.5 cm³/mol. The van der Waals surface area contributed by atoms with Crippen molar-refractivity contribution in [3.8, 4) is 0 Å².